The summed E-state index contributed by atoms with van der Waals surface area (Å²) in [6.07, 6.45) is 0. The molecule has 5 heteroatoms. The Bertz CT molecular complexity index is 683. The molecule has 2 aromatic rings. The molecule has 0 fully saturated rings. The van der Waals surface area contributed by atoms with Crippen molar-refractivity contribution in [3.63, 3.8) is 0 Å². The summed E-state index contributed by atoms with van der Waals surface area (Å²) in [4.78, 5) is 12.8. The average molecular weight is 327 g/mol. The lowest BCUT2D eigenvalue weighted by molar-refractivity contribution is 0.102. The van der Waals surface area contributed by atoms with Gasteiger partial charge in [-0.15, -0.1) is 0 Å². The SMILES string of the molecule is Cc1ccccc1S(=O)CC(=O)c1ccc(Cl)cc1Cl. The second kappa shape index (κ2) is 6.53. The Kier molecular flexibility index (Phi) is 4.97. The number of carbonyl (C=O) groups is 1. The first kappa shape index (κ1) is 15.2. The molecule has 0 saturated carbocycles. The van der Waals surface area contributed by atoms with E-state index in [9.17, 15) is 9.00 Å². The van der Waals surface area contributed by atoms with Gasteiger partial charge in [0.15, 0.2) is 5.78 Å². The van der Waals surface area contributed by atoms with Gasteiger partial charge in [-0.1, -0.05) is 41.4 Å². The van der Waals surface area contributed by atoms with Gasteiger partial charge in [0.2, 0.25) is 0 Å². The summed E-state index contributed by atoms with van der Waals surface area (Å²) in [5, 5.41) is 0.746. The van der Waals surface area contributed by atoms with Crippen molar-refractivity contribution >= 4 is 39.8 Å². The van der Waals surface area contributed by atoms with E-state index in [1.54, 1.807) is 24.3 Å². The zero-order chi connectivity index (χ0) is 14.7. The number of rotatable bonds is 4. The lowest BCUT2D eigenvalue weighted by Gasteiger charge is -2.06. The van der Waals surface area contributed by atoms with E-state index in [1.165, 1.54) is 6.07 Å². The molecule has 0 N–H and O–H groups in total. The smallest absolute Gasteiger partial charge is 0.177 e. The summed E-state index contributed by atoms with van der Waals surface area (Å²) in [5.74, 6) is -0.347. The summed E-state index contributed by atoms with van der Waals surface area (Å²) in [6, 6.07) is 12.0. The molecule has 0 aliphatic rings. The van der Waals surface area contributed by atoms with Gasteiger partial charge in [0.1, 0.15) is 0 Å². The molecule has 0 heterocycles. The molecule has 0 aliphatic heterocycles. The number of halogens is 2. The summed E-state index contributed by atoms with van der Waals surface area (Å²) in [7, 11) is -1.38. The van der Waals surface area contributed by atoms with Crippen molar-refractivity contribution in [2.45, 2.75) is 11.8 Å². The number of ketones is 1. The normalized spacial score (nSPS) is 12.2. The van der Waals surface area contributed by atoms with Crippen LogP contribution in [0.5, 0.6) is 0 Å². The van der Waals surface area contributed by atoms with E-state index in [4.69, 9.17) is 23.2 Å². The zero-order valence-electron chi connectivity index (χ0n) is 10.7. The molecule has 2 nitrogen and oxygen atoms in total. The van der Waals surface area contributed by atoms with E-state index >= 15 is 0 Å². The fourth-order valence-corrected chi connectivity index (χ4v) is 3.52. The molecule has 0 bridgehead atoms. The van der Waals surface area contributed by atoms with Crippen molar-refractivity contribution in [2.24, 2.45) is 0 Å². The number of hydrogen-bond acceptors (Lipinski definition) is 2. The Hall–Kier alpha value is -1.16. The monoisotopic (exact) mass is 326 g/mol. The van der Waals surface area contributed by atoms with E-state index in [-0.39, 0.29) is 16.6 Å². The lowest BCUT2D eigenvalue weighted by Crippen LogP contribution is -2.12. The maximum atomic E-state index is 12.2. The van der Waals surface area contributed by atoms with Gasteiger partial charge < -0.3 is 0 Å². The molecular weight excluding hydrogens is 315 g/mol. The zero-order valence-corrected chi connectivity index (χ0v) is 13.1. The minimum Gasteiger partial charge on any atom is -0.293 e. The highest BCUT2D eigenvalue weighted by Gasteiger charge is 2.16. The highest BCUT2D eigenvalue weighted by atomic mass is 35.5. The number of carbonyl (C=O) groups excluding carboxylic acids is 1. The predicted molar refractivity (Wildman–Crippen MR) is 83.2 cm³/mol. The molecule has 0 radical (unpaired) electrons. The Morgan fingerprint density at radius 3 is 2.50 bits per heavy atom. The molecule has 0 aromatic heterocycles. The molecule has 1 unspecified atom stereocenters. The van der Waals surface area contributed by atoms with E-state index < -0.39 is 10.8 Å². The van der Waals surface area contributed by atoms with Crippen LogP contribution >= 0.6 is 23.2 Å². The maximum absolute atomic E-state index is 12.2. The van der Waals surface area contributed by atoms with Gasteiger partial charge in [-0.05, 0) is 36.8 Å². The molecular formula is C15H12Cl2O2S. The first-order valence-corrected chi connectivity index (χ1v) is 7.99. The average Bonchev–Trinajstić information content (AvgIpc) is 2.38. The quantitative estimate of drug-likeness (QED) is 0.785. The third kappa shape index (κ3) is 3.48. The molecule has 2 aromatic carbocycles. The Morgan fingerprint density at radius 2 is 1.85 bits per heavy atom. The molecule has 2 rings (SSSR count). The molecule has 0 spiro atoms. The minimum absolute atomic E-state index is 0.0911. The van der Waals surface area contributed by atoms with Gasteiger partial charge in [-0.25, -0.2) is 0 Å². The Morgan fingerprint density at radius 1 is 1.15 bits per heavy atom. The van der Waals surface area contributed by atoms with Crippen LogP contribution in [0.2, 0.25) is 10.0 Å². The van der Waals surface area contributed by atoms with Crippen molar-refractivity contribution in [1.29, 1.82) is 0 Å². The van der Waals surface area contributed by atoms with Gasteiger partial charge in [0, 0.05) is 15.5 Å². The van der Waals surface area contributed by atoms with Crippen LogP contribution in [0.15, 0.2) is 47.4 Å². The maximum Gasteiger partial charge on any atom is 0.177 e. The van der Waals surface area contributed by atoms with Crippen molar-refractivity contribution in [3.05, 3.63) is 63.6 Å². The standard InChI is InChI=1S/C15H12Cl2O2S/c1-10-4-2-3-5-15(10)20(19)9-14(18)12-7-6-11(16)8-13(12)17/h2-8H,9H2,1H3. The number of benzene rings is 2. The van der Waals surface area contributed by atoms with Crippen molar-refractivity contribution in [3.8, 4) is 0 Å². The van der Waals surface area contributed by atoms with Gasteiger partial charge in [-0.3, -0.25) is 9.00 Å². The summed E-state index contributed by atoms with van der Waals surface area (Å²) < 4.78 is 12.2. The fourth-order valence-electron chi connectivity index (χ4n) is 1.80. The van der Waals surface area contributed by atoms with Crippen LogP contribution in [0.3, 0.4) is 0 Å². The predicted octanol–water partition coefficient (Wildman–Crippen LogP) is 4.29. The van der Waals surface area contributed by atoms with E-state index in [0.717, 1.165) is 5.56 Å². The third-order valence-corrected chi connectivity index (χ3v) is 4.85. The molecule has 104 valence electrons. The van der Waals surface area contributed by atoms with Crippen LogP contribution in [0.25, 0.3) is 0 Å². The van der Waals surface area contributed by atoms with Crippen LogP contribution in [-0.2, 0) is 10.8 Å². The Labute approximate surface area is 130 Å². The number of aryl methyl sites for hydroxylation is 1. The molecule has 0 amide bonds. The highest BCUT2D eigenvalue weighted by Crippen LogP contribution is 2.22. The van der Waals surface area contributed by atoms with Crippen LogP contribution < -0.4 is 0 Å². The fraction of sp³-hybridized carbons (Fsp3) is 0.133. The summed E-state index contributed by atoms with van der Waals surface area (Å²) in [6.45, 7) is 1.87. The van der Waals surface area contributed by atoms with Crippen LogP contribution in [0, 0.1) is 6.92 Å². The van der Waals surface area contributed by atoms with Gasteiger partial charge in [0.05, 0.1) is 21.6 Å². The van der Waals surface area contributed by atoms with E-state index in [0.29, 0.717) is 15.5 Å². The second-order valence-electron chi connectivity index (χ2n) is 4.30. The van der Waals surface area contributed by atoms with Crippen molar-refractivity contribution < 1.29 is 9.00 Å². The van der Waals surface area contributed by atoms with Crippen LogP contribution in [0.1, 0.15) is 15.9 Å². The van der Waals surface area contributed by atoms with Crippen LogP contribution in [-0.4, -0.2) is 15.7 Å². The van der Waals surface area contributed by atoms with Gasteiger partial charge in [0.25, 0.3) is 0 Å². The first-order chi connectivity index (χ1) is 9.49. The molecule has 0 saturated heterocycles. The third-order valence-electron chi connectivity index (χ3n) is 2.83. The number of Topliss-reactive ketones (excluding diaryl/α,β-unsaturated/α-hetero) is 1. The van der Waals surface area contributed by atoms with Gasteiger partial charge in [-0.2, -0.15) is 0 Å². The molecule has 1 atom stereocenters. The molecule has 0 aliphatic carbocycles. The largest absolute Gasteiger partial charge is 0.293 e. The van der Waals surface area contributed by atoms with Crippen molar-refractivity contribution in [1.82, 2.24) is 0 Å². The Balaban J connectivity index is 2.20. The minimum atomic E-state index is -1.38. The van der Waals surface area contributed by atoms with Crippen molar-refractivity contribution in [2.75, 3.05) is 5.75 Å². The lowest BCUT2D eigenvalue weighted by atomic mass is 10.1. The topological polar surface area (TPSA) is 34.1 Å². The van der Waals surface area contributed by atoms with Crippen LogP contribution in [0.4, 0.5) is 0 Å². The summed E-state index contributed by atoms with van der Waals surface area (Å²) >= 11 is 11.8. The number of hydrogen-bond donors (Lipinski definition) is 0. The van der Waals surface area contributed by atoms with Gasteiger partial charge >= 0.3 is 0 Å². The molecule has 20 heavy (non-hydrogen) atoms. The highest BCUT2D eigenvalue weighted by molar-refractivity contribution is 7.85. The first-order valence-electron chi connectivity index (χ1n) is 5.91. The van der Waals surface area contributed by atoms with E-state index in [2.05, 4.69) is 0 Å². The second-order valence-corrected chi connectivity index (χ2v) is 6.57. The van der Waals surface area contributed by atoms with E-state index in [1.807, 2.05) is 19.1 Å². The summed E-state index contributed by atoms with van der Waals surface area (Å²) in [5.41, 5.74) is 1.25.